The van der Waals surface area contributed by atoms with Crippen LogP contribution >= 0.6 is 11.3 Å². The summed E-state index contributed by atoms with van der Waals surface area (Å²) in [7, 11) is 0. The second kappa shape index (κ2) is 6.69. The highest BCUT2D eigenvalue weighted by Gasteiger charge is 2.24. The molecular weight excluding hydrogens is 280 g/mol. The van der Waals surface area contributed by atoms with Crippen molar-refractivity contribution >= 4 is 11.3 Å². The Hall–Kier alpha value is -1.23. The molecule has 0 bridgehead atoms. The van der Waals surface area contributed by atoms with E-state index in [1.807, 2.05) is 20.8 Å². The van der Waals surface area contributed by atoms with Crippen molar-refractivity contribution in [3.63, 3.8) is 0 Å². The molecule has 1 aromatic carbocycles. The number of aliphatic hydroxyl groups is 1. The van der Waals surface area contributed by atoms with Crippen LogP contribution < -0.4 is 5.32 Å². The maximum Gasteiger partial charge on any atom is 0.123 e. The smallest absolute Gasteiger partial charge is 0.123 e. The van der Waals surface area contributed by atoms with Gasteiger partial charge in [-0.25, -0.2) is 4.98 Å². The monoisotopic (exact) mass is 304 g/mol. The minimum atomic E-state index is -0.685. The molecule has 1 heterocycles. The van der Waals surface area contributed by atoms with E-state index in [-0.39, 0.29) is 5.92 Å². The first-order chi connectivity index (χ1) is 9.88. The zero-order valence-electron chi connectivity index (χ0n) is 13.2. The molecule has 0 fully saturated rings. The van der Waals surface area contributed by atoms with Gasteiger partial charge in [-0.1, -0.05) is 43.7 Å². The van der Waals surface area contributed by atoms with E-state index in [9.17, 15) is 5.11 Å². The van der Waals surface area contributed by atoms with Gasteiger partial charge in [0, 0.05) is 24.0 Å². The van der Waals surface area contributed by atoms with Crippen LogP contribution in [0.5, 0.6) is 0 Å². The molecule has 0 aliphatic heterocycles. The van der Waals surface area contributed by atoms with Gasteiger partial charge in [0.2, 0.25) is 0 Å². The van der Waals surface area contributed by atoms with Crippen molar-refractivity contribution in [1.82, 2.24) is 10.3 Å². The van der Waals surface area contributed by atoms with E-state index in [4.69, 9.17) is 0 Å². The Morgan fingerprint density at radius 3 is 2.57 bits per heavy atom. The Labute approximate surface area is 131 Å². The van der Waals surface area contributed by atoms with Crippen molar-refractivity contribution in [2.24, 2.45) is 5.92 Å². The summed E-state index contributed by atoms with van der Waals surface area (Å²) in [6.07, 6.45) is 0. The first-order valence-electron chi connectivity index (χ1n) is 7.33. The van der Waals surface area contributed by atoms with E-state index in [0.717, 1.165) is 16.3 Å². The van der Waals surface area contributed by atoms with Crippen molar-refractivity contribution < 1.29 is 5.11 Å². The summed E-state index contributed by atoms with van der Waals surface area (Å²) in [6, 6.07) is 8.42. The molecule has 1 unspecified atom stereocenters. The lowest BCUT2D eigenvalue weighted by atomic mass is 9.92. The topological polar surface area (TPSA) is 45.2 Å². The molecule has 4 heteroatoms. The quantitative estimate of drug-likeness (QED) is 0.857. The second-order valence-corrected chi connectivity index (χ2v) is 6.98. The van der Waals surface area contributed by atoms with Crippen molar-refractivity contribution in [2.75, 3.05) is 6.54 Å². The molecule has 2 aromatic rings. The van der Waals surface area contributed by atoms with Gasteiger partial charge in [-0.2, -0.15) is 0 Å². The maximum absolute atomic E-state index is 10.2. The minimum Gasteiger partial charge on any atom is -0.389 e. The van der Waals surface area contributed by atoms with Crippen molar-refractivity contribution in [1.29, 1.82) is 0 Å². The minimum absolute atomic E-state index is 0.226. The fourth-order valence-electron chi connectivity index (χ4n) is 1.86. The van der Waals surface area contributed by atoms with Gasteiger partial charge in [-0.3, -0.25) is 0 Å². The van der Waals surface area contributed by atoms with Crippen molar-refractivity contribution in [3.8, 4) is 10.6 Å². The summed E-state index contributed by atoms with van der Waals surface area (Å²) in [4.78, 5) is 4.65. The Morgan fingerprint density at radius 1 is 1.29 bits per heavy atom. The molecular formula is C17H24N2OS. The fraction of sp³-hybridized carbons (Fsp3) is 0.471. The highest BCUT2D eigenvalue weighted by atomic mass is 32.1. The van der Waals surface area contributed by atoms with Gasteiger partial charge in [0.25, 0.3) is 0 Å². The lowest BCUT2D eigenvalue weighted by molar-refractivity contribution is 0.0139. The Kier molecular flexibility index (Phi) is 5.14. The summed E-state index contributed by atoms with van der Waals surface area (Å²) in [6.45, 7) is 9.26. The molecule has 0 saturated carbocycles. The third-order valence-electron chi connectivity index (χ3n) is 3.88. The molecule has 21 heavy (non-hydrogen) atoms. The van der Waals surface area contributed by atoms with Gasteiger partial charge >= 0.3 is 0 Å². The van der Waals surface area contributed by atoms with Crippen LogP contribution in [0.25, 0.3) is 10.6 Å². The highest BCUT2D eigenvalue weighted by molar-refractivity contribution is 7.13. The number of nitrogens with zero attached hydrogens (tertiary/aromatic N) is 1. The summed E-state index contributed by atoms with van der Waals surface area (Å²) in [5, 5.41) is 16.6. The third-order valence-corrected chi connectivity index (χ3v) is 4.82. The molecule has 0 aliphatic carbocycles. The maximum atomic E-state index is 10.2. The Morgan fingerprint density at radius 2 is 1.95 bits per heavy atom. The average Bonchev–Trinajstić information content (AvgIpc) is 2.88. The van der Waals surface area contributed by atoms with Gasteiger partial charge in [-0.15, -0.1) is 11.3 Å². The van der Waals surface area contributed by atoms with Crippen LogP contribution in [-0.2, 0) is 6.54 Å². The molecule has 0 amide bonds. The number of hydrogen-bond acceptors (Lipinski definition) is 4. The molecule has 114 valence electrons. The third kappa shape index (κ3) is 4.37. The van der Waals surface area contributed by atoms with E-state index in [0.29, 0.717) is 13.1 Å². The lowest BCUT2D eigenvalue weighted by Gasteiger charge is -2.27. The number of thiazole rings is 1. The van der Waals surface area contributed by atoms with Crippen LogP contribution in [0, 0.1) is 12.8 Å². The van der Waals surface area contributed by atoms with Crippen LogP contribution in [0.2, 0.25) is 0 Å². The van der Waals surface area contributed by atoms with Crippen LogP contribution in [-0.4, -0.2) is 22.2 Å². The number of benzene rings is 1. The van der Waals surface area contributed by atoms with Gasteiger partial charge in [-0.05, 0) is 19.8 Å². The Balaban J connectivity index is 1.93. The van der Waals surface area contributed by atoms with Gasteiger partial charge in [0.05, 0.1) is 11.3 Å². The summed E-state index contributed by atoms with van der Waals surface area (Å²) in [5.41, 5.74) is 2.75. The number of hydrogen-bond donors (Lipinski definition) is 2. The molecule has 0 aliphatic rings. The van der Waals surface area contributed by atoms with Crippen molar-refractivity contribution in [2.45, 2.75) is 39.8 Å². The summed E-state index contributed by atoms with van der Waals surface area (Å²) in [5.74, 6) is 0.226. The Bertz CT molecular complexity index is 573. The second-order valence-electron chi connectivity index (χ2n) is 6.13. The van der Waals surface area contributed by atoms with Crippen LogP contribution in [0.15, 0.2) is 29.6 Å². The molecule has 3 nitrogen and oxygen atoms in total. The number of aryl methyl sites for hydroxylation is 1. The SMILES string of the molecule is Cc1ccc(-c2nc(CNCC(C)(O)C(C)C)cs2)cc1. The van der Waals surface area contributed by atoms with Gasteiger partial charge < -0.3 is 10.4 Å². The fourth-order valence-corrected chi connectivity index (χ4v) is 2.69. The highest BCUT2D eigenvalue weighted by Crippen LogP contribution is 2.24. The molecule has 1 atom stereocenters. The standard InChI is InChI=1S/C17H24N2OS/c1-12(2)17(4,20)11-18-9-15-10-21-16(19-15)14-7-5-13(3)6-8-14/h5-8,10,12,18,20H,9,11H2,1-4H3. The van der Waals surface area contributed by atoms with E-state index in [1.165, 1.54) is 5.56 Å². The van der Waals surface area contributed by atoms with Crippen LogP contribution in [0.4, 0.5) is 0 Å². The molecule has 0 saturated heterocycles. The predicted octanol–water partition coefficient (Wildman–Crippen LogP) is 3.62. The molecule has 0 radical (unpaired) electrons. The molecule has 2 N–H and O–H groups in total. The number of nitrogens with one attached hydrogen (secondary N) is 1. The largest absolute Gasteiger partial charge is 0.389 e. The first-order valence-corrected chi connectivity index (χ1v) is 8.21. The molecule has 1 aromatic heterocycles. The molecule has 2 rings (SSSR count). The summed E-state index contributed by atoms with van der Waals surface area (Å²) >= 11 is 1.66. The van der Waals surface area contributed by atoms with E-state index < -0.39 is 5.60 Å². The number of aromatic nitrogens is 1. The summed E-state index contributed by atoms with van der Waals surface area (Å²) < 4.78 is 0. The zero-order chi connectivity index (χ0) is 15.5. The molecule has 0 spiro atoms. The van der Waals surface area contributed by atoms with E-state index >= 15 is 0 Å². The first kappa shape index (κ1) is 16.1. The normalized spacial score (nSPS) is 14.4. The van der Waals surface area contributed by atoms with Gasteiger partial charge in [0.15, 0.2) is 0 Å². The van der Waals surface area contributed by atoms with Crippen molar-refractivity contribution in [3.05, 3.63) is 40.9 Å². The van der Waals surface area contributed by atoms with E-state index in [1.54, 1.807) is 11.3 Å². The predicted molar refractivity (Wildman–Crippen MR) is 89.5 cm³/mol. The zero-order valence-corrected chi connectivity index (χ0v) is 14.0. The lowest BCUT2D eigenvalue weighted by Crippen LogP contribution is -2.41. The van der Waals surface area contributed by atoms with Crippen LogP contribution in [0.3, 0.4) is 0 Å². The average molecular weight is 304 g/mol. The number of rotatable bonds is 6. The van der Waals surface area contributed by atoms with E-state index in [2.05, 4.69) is 46.9 Å². The van der Waals surface area contributed by atoms with Crippen LogP contribution in [0.1, 0.15) is 32.0 Å². The van der Waals surface area contributed by atoms with Gasteiger partial charge in [0.1, 0.15) is 5.01 Å².